The number of fused-ring (bicyclic) bond motifs is 1. The number of halogens is 3. The molecule has 4 rings (SSSR count). The highest BCUT2D eigenvalue weighted by molar-refractivity contribution is 7.89. The molecule has 0 aromatic heterocycles. The summed E-state index contributed by atoms with van der Waals surface area (Å²) < 4.78 is 66.1. The fourth-order valence-electron chi connectivity index (χ4n) is 4.03. The molecule has 9 heteroatoms. The Morgan fingerprint density at radius 3 is 2.33 bits per heavy atom. The van der Waals surface area contributed by atoms with Crippen LogP contribution in [0.5, 0.6) is 0 Å². The molecule has 1 saturated heterocycles. The van der Waals surface area contributed by atoms with Crippen LogP contribution in [0.3, 0.4) is 0 Å². The van der Waals surface area contributed by atoms with Crippen molar-refractivity contribution in [2.75, 3.05) is 13.1 Å². The smallest absolute Gasteiger partial charge is 0.352 e. The van der Waals surface area contributed by atoms with Gasteiger partial charge in [-0.2, -0.15) is 17.5 Å². The Balaban J connectivity index is 1.35. The van der Waals surface area contributed by atoms with Crippen LogP contribution in [0.2, 0.25) is 0 Å². The van der Waals surface area contributed by atoms with Crippen molar-refractivity contribution in [2.24, 2.45) is 5.92 Å². The zero-order valence-electron chi connectivity index (χ0n) is 17.7. The molecular formula is C24H23F3N2O3S. The summed E-state index contributed by atoms with van der Waals surface area (Å²) in [5.74, 6) is -0.672. The number of rotatable bonds is 5. The van der Waals surface area contributed by atoms with Crippen LogP contribution < -0.4 is 5.32 Å². The number of piperidine rings is 1. The van der Waals surface area contributed by atoms with Gasteiger partial charge in [0.1, 0.15) is 0 Å². The molecule has 5 nitrogen and oxygen atoms in total. The Hall–Kier alpha value is -2.91. The van der Waals surface area contributed by atoms with E-state index in [2.05, 4.69) is 5.32 Å². The molecule has 33 heavy (non-hydrogen) atoms. The monoisotopic (exact) mass is 476 g/mol. The molecule has 0 radical (unpaired) electrons. The van der Waals surface area contributed by atoms with Crippen molar-refractivity contribution in [2.45, 2.75) is 30.5 Å². The van der Waals surface area contributed by atoms with Gasteiger partial charge in [-0.3, -0.25) is 4.79 Å². The maximum atomic E-state index is 13.1. The van der Waals surface area contributed by atoms with Gasteiger partial charge in [0.2, 0.25) is 15.9 Å². The number of hydrogen-bond donors (Lipinski definition) is 1. The molecule has 0 atom stereocenters. The number of alkyl halides is 3. The van der Waals surface area contributed by atoms with Crippen LogP contribution in [0.15, 0.2) is 71.6 Å². The van der Waals surface area contributed by atoms with Crippen LogP contribution in [0, 0.1) is 5.92 Å². The zero-order chi connectivity index (χ0) is 23.6. The molecule has 3 aromatic rings. The summed E-state index contributed by atoms with van der Waals surface area (Å²) in [6.45, 7) is 0.395. The van der Waals surface area contributed by atoms with E-state index in [1.54, 1.807) is 18.2 Å². The van der Waals surface area contributed by atoms with Crippen molar-refractivity contribution in [3.05, 3.63) is 77.9 Å². The molecule has 0 spiro atoms. The first-order valence-corrected chi connectivity index (χ1v) is 12.0. The molecule has 3 aromatic carbocycles. The first-order chi connectivity index (χ1) is 15.6. The summed E-state index contributed by atoms with van der Waals surface area (Å²) in [7, 11) is -3.68. The van der Waals surface area contributed by atoms with Gasteiger partial charge in [0, 0.05) is 25.6 Å². The lowest BCUT2D eigenvalue weighted by Gasteiger charge is -2.30. The minimum Gasteiger partial charge on any atom is -0.352 e. The van der Waals surface area contributed by atoms with Crippen molar-refractivity contribution in [3.8, 4) is 0 Å². The van der Waals surface area contributed by atoms with Crippen molar-refractivity contribution in [3.63, 3.8) is 0 Å². The number of amides is 1. The zero-order valence-corrected chi connectivity index (χ0v) is 18.5. The second-order valence-electron chi connectivity index (χ2n) is 8.10. The molecular weight excluding hydrogens is 453 g/mol. The molecule has 1 aliphatic heterocycles. The minimum absolute atomic E-state index is 0.0155. The molecule has 1 aliphatic rings. The van der Waals surface area contributed by atoms with Gasteiger partial charge >= 0.3 is 6.18 Å². The van der Waals surface area contributed by atoms with Gasteiger partial charge in [0.15, 0.2) is 0 Å². The van der Waals surface area contributed by atoms with Crippen LogP contribution in [-0.2, 0) is 27.5 Å². The number of benzene rings is 3. The second kappa shape index (κ2) is 9.15. The van der Waals surface area contributed by atoms with Crippen LogP contribution >= 0.6 is 0 Å². The number of sulfonamides is 1. The maximum Gasteiger partial charge on any atom is 0.416 e. The maximum absolute atomic E-state index is 13.1. The van der Waals surface area contributed by atoms with Gasteiger partial charge in [0.05, 0.1) is 10.5 Å². The van der Waals surface area contributed by atoms with E-state index < -0.39 is 21.8 Å². The molecule has 0 saturated carbocycles. The lowest BCUT2D eigenvalue weighted by molar-refractivity contribution is -0.137. The highest BCUT2D eigenvalue weighted by Crippen LogP contribution is 2.30. The number of carbonyl (C=O) groups is 1. The third-order valence-corrected chi connectivity index (χ3v) is 7.80. The second-order valence-corrected chi connectivity index (χ2v) is 10.0. The van der Waals surface area contributed by atoms with Gasteiger partial charge in [-0.25, -0.2) is 8.42 Å². The number of nitrogens with one attached hydrogen (secondary N) is 1. The average Bonchev–Trinajstić information content (AvgIpc) is 2.82. The SMILES string of the molecule is O=C(NCc1cccc(C(F)(F)F)c1)C1CCN(S(=O)(=O)c2ccc3ccccc3c2)CC1. The average molecular weight is 477 g/mol. The summed E-state index contributed by atoms with van der Waals surface area (Å²) >= 11 is 0. The van der Waals surface area contributed by atoms with E-state index in [1.165, 1.54) is 16.4 Å². The molecule has 1 heterocycles. The third kappa shape index (κ3) is 5.20. The Bertz CT molecular complexity index is 1270. The van der Waals surface area contributed by atoms with Crippen molar-refractivity contribution in [1.82, 2.24) is 9.62 Å². The summed E-state index contributed by atoms with van der Waals surface area (Å²) in [5.41, 5.74) is -0.407. The Labute approximate surface area is 190 Å². The summed E-state index contributed by atoms with van der Waals surface area (Å²) in [6.07, 6.45) is -3.74. The van der Waals surface area contributed by atoms with Gasteiger partial charge in [-0.1, -0.05) is 42.5 Å². The fourth-order valence-corrected chi connectivity index (χ4v) is 5.53. The quantitative estimate of drug-likeness (QED) is 0.587. The van der Waals surface area contributed by atoms with Gasteiger partial charge in [-0.15, -0.1) is 0 Å². The Morgan fingerprint density at radius 1 is 0.939 bits per heavy atom. The highest BCUT2D eigenvalue weighted by Gasteiger charge is 2.33. The van der Waals surface area contributed by atoms with E-state index in [0.717, 1.165) is 22.9 Å². The van der Waals surface area contributed by atoms with E-state index in [0.29, 0.717) is 18.4 Å². The van der Waals surface area contributed by atoms with E-state index in [-0.39, 0.29) is 36.4 Å². The van der Waals surface area contributed by atoms with Crippen molar-refractivity contribution >= 4 is 26.7 Å². The van der Waals surface area contributed by atoms with E-state index in [9.17, 15) is 26.4 Å². The summed E-state index contributed by atoms with van der Waals surface area (Å²) in [6, 6.07) is 17.3. The Kier molecular flexibility index (Phi) is 6.45. The summed E-state index contributed by atoms with van der Waals surface area (Å²) in [4.78, 5) is 12.7. The third-order valence-electron chi connectivity index (χ3n) is 5.90. The lowest BCUT2D eigenvalue weighted by atomic mass is 9.97. The number of carbonyl (C=O) groups excluding carboxylic acids is 1. The predicted octanol–water partition coefficient (Wildman–Crippen LogP) is 4.58. The van der Waals surface area contributed by atoms with Crippen LogP contribution in [0.4, 0.5) is 13.2 Å². The van der Waals surface area contributed by atoms with Gasteiger partial charge < -0.3 is 5.32 Å². The standard InChI is InChI=1S/C24H23F3N2O3S/c25-24(26,27)21-7-3-4-17(14-21)16-28-23(30)19-10-12-29(13-11-19)33(31,32)22-9-8-18-5-1-2-6-20(18)15-22/h1-9,14-15,19H,10-13,16H2,(H,28,30). The van der Waals surface area contributed by atoms with Crippen LogP contribution in [0.25, 0.3) is 10.8 Å². The predicted molar refractivity (Wildman–Crippen MR) is 119 cm³/mol. The first-order valence-electron chi connectivity index (χ1n) is 10.6. The van der Waals surface area contributed by atoms with Crippen molar-refractivity contribution < 1.29 is 26.4 Å². The molecule has 1 N–H and O–H groups in total. The molecule has 0 bridgehead atoms. The molecule has 1 fully saturated rings. The molecule has 174 valence electrons. The fraction of sp³-hybridized carbons (Fsp3) is 0.292. The van der Waals surface area contributed by atoms with E-state index >= 15 is 0 Å². The molecule has 0 unspecified atom stereocenters. The van der Waals surface area contributed by atoms with Crippen LogP contribution in [0.1, 0.15) is 24.0 Å². The first kappa shape index (κ1) is 23.3. The normalized spacial score (nSPS) is 16.1. The van der Waals surface area contributed by atoms with E-state index in [1.807, 2.05) is 24.3 Å². The largest absolute Gasteiger partial charge is 0.416 e. The molecule has 1 amide bonds. The number of nitrogens with zero attached hydrogens (tertiary/aromatic N) is 1. The minimum atomic E-state index is -4.44. The topological polar surface area (TPSA) is 66.5 Å². The van der Waals surface area contributed by atoms with Crippen LogP contribution in [-0.4, -0.2) is 31.7 Å². The van der Waals surface area contributed by atoms with Gasteiger partial charge in [0.25, 0.3) is 0 Å². The highest BCUT2D eigenvalue weighted by atomic mass is 32.2. The van der Waals surface area contributed by atoms with Crippen molar-refractivity contribution in [1.29, 1.82) is 0 Å². The Morgan fingerprint density at radius 2 is 1.64 bits per heavy atom. The molecule has 0 aliphatic carbocycles. The number of hydrogen-bond acceptors (Lipinski definition) is 3. The lowest BCUT2D eigenvalue weighted by Crippen LogP contribution is -2.42. The van der Waals surface area contributed by atoms with Gasteiger partial charge in [-0.05, 0) is 53.4 Å². The van der Waals surface area contributed by atoms with E-state index in [4.69, 9.17) is 0 Å². The summed E-state index contributed by atoms with van der Waals surface area (Å²) in [5, 5.41) is 4.47.